The summed E-state index contributed by atoms with van der Waals surface area (Å²) in [7, 11) is -2.38. The molecular weight excluding hydrogens is 304 g/mol. The van der Waals surface area contributed by atoms with Crippen molar-refractivity contribution in [2.75, 3.05) is 20.3 Å². The summed E-state index contributed by atoms with van der Waals surface area (Å²) in [5.41, 5.74) is -0.524. The molecule has 118 valence electrons. The van der Waals surface area contributed by atoms with Crippen LogP contribution in [0.3, 0.4) is 0 Å². The predicted octanol–water partition coefficient (Wildman–Crippen LogP) is 3.51. The highest BCUT2D eigenvalue weighted by Gasteiger charge is 2.29. The van der Waals surface area contributed by atoms with Crippen molar-refractivity contribution in [3.05, 3.63) is 33.6 Å². The lowest BCUT2D eigenvalue weighted by Crippen LogP contribution is -2.03. The van der Waals surface area contributed by atoms with Crippen LogP contribution in [0, 0.1) is 15.9 Å². The van der Waals surface area contributed by atoms with Gasteiger partial charge in [-0.3, -0.25) is 14.7 Å². The fraction of sp³-hybridized carbons (Fsp3) is 0.500. The van der Waals surface area contributed by atoms with Crippen molar-refractivity contribution in [1.82, 2.24) is 0 Å². The zero-order chi connectivity index (χ0) is 16.0. The third kappa shape index (κ3) is 4.23. The molecule has 0 heterocycles. The van der Waals surface area contributed by atoms with Crippen LogP contribution in [-0.2, 0) is 19.8 Å². The largest absolute Gasteiger partial charge is 0.488 e. The summed E-state index contributed by atoms with van der Waals surface area (Å²) in [5, 5.41) is 10.8. The second kappa shape index (κ2) is 7.49. The molecule has 1 aromatic rings. The van der Waals surface area contributed by atoms with E-state index in [9.17, 15) is 19.1 Å². The maximum atomic E-state index is 14.2. The maximum Gasteiger partial charge on any atom is 0.335 e. The van der Waals surface area contributed by atoms with Crippen LogP contribution >= 0.6 is 7.60 Å². The van der Waals surface area contributed by atoms with Gasteiger partial charge in [-0.25, -0.2) is 4.39 Å². The fourth-order valence-corrected chi connectivity index (χ4v) is 3.48. The Morgan fingerprint density at radius 2 is 1.86 bits per heavy atom. The summed E-state index contributed by atoms with van der Waals surface area (Å²) in [5.74, 6) is -1.44. The fourth-order valence-electron chi connectivity index (χ4n) is 1.78. The molecule has 0 spiro atoms. The Balaban J connectivity index is 3.20. The van der Waals surface area contributed by atoms with E-state index in [-0.39, 0.29) is 24.9 Å². The Morgan fingerprint density at radius 3 is 2.29 bits per heavy atom. The smallest absolute Gasteiger partial charge is 0.335 e. The van der Waals surface area contributed by atoms with Crippen LogP contribution in [0.5, 0.6) is 5.75 Å². The molecule has 0 radical (unpaired) electrons. The van der Waals surface area contributed by atoms with Crippen LogP contribution in [0.15, 0.2) is 12.1 Å². The van der Waals surface area contributed by atoms with Gasteiger partial charge in [-0.15, -0.1) is 0 Å². The number of rotatable bonds is 8. The van der Waals surface area contributed by atoms with E-state index in [1.807, 2.05) is 0 Å². The number of nitro groups is 1. The molecule has 0 aliphatic rings. The van der Waals surface area contributed by atoms with E-state index in [1.54, 1.807) is 13.8 Å². The van der Waals surface area contributed by atoms with E-state index in [0.29, 0.717) is 0 Å². The third-order valence-corrected chi connectivity index (χ3v) is 4.60. The molecule has 0 N–H and O–H groups in total. The molecule has 0 aliphatic carbocycles. The van der Waals surface area contributed by atoms with Gasteiger partial charge in [0.1, 0.15) is 0 Å². The second-order valence-electron chi connectivity index (χ2n) is 3.95. The van der Waals surface area contributed by atoms with Crippen LogP contribution in [0.2, 0.25) is 0 Å². The Kier molecular flexibility index (Phi) is 6.26. The average molecular weight is 321 g/mol. The molecule has 0 saturated heterocycles. The molecule has 0 fully saturated rings. The van der Waals surface area contributed by atoms with Crippen LogP contribution in [-0.4, -0.2) is 25.2 Å². The molecule has 0 aliphatic heterocycles. The standard InChI is InChI=1S/C12H17FNO6P/c1-4-19-21(17,20-5-2)8-9-6-7-10(14(15)16)12(18-3)11(9)13/h6-7H,4-5,8H2,1-3H3. The number of nitrogens with zero attached hydrogens (tertiary/aromatic N) is 1. The first-order valence-electron chi connectivity index (χ1n) is 6.26. The van der Waals surface area contributed by atoms with Crippen molar-refractivity contribution in [3.8, 4) is 5.75 Å². The first-order valence-corrected chi connectivity index (χ1v) is 7.99. The lowest BCUT2D eigenvalue weighted by Gasteiger charge is -2.17. The second-order valence-corrected chi connectivity index (χ2v) is 6.01. The molecule has 1 aromatic carbocycles. The molecule has 0 aromatic heterocycles. The first-order chi connectivity index (χ1) is 9.88. The minimum absolute atomic E-state index is 0.0253. The van der Waals surface area contributed by atoms with Crippen molar-refractivity contribution >= 4 is 13.3 Å². The molecule has 7 nitrogen and oxygen atoms in total. The van der Waals surface area contributed by atoms with E-state index < -0.39 is 29.8 Å². The zero-order valence-electron chi connectivity index (χ0n) is 12.0. The Morgan fingerprint density at radius 1 is 1.29 bits per heavy atom. The minimum atomic E-state index is -3.50. The van der Waals surface area contributed by atoms with Gasteiger partial charge in [0.05, 0.1) is 31.4 Å². The zero-order valence-corrected chi connectivity index (χ0v) is 12.9. The minimum Gasteiger partial charge on any atom is -0.488 e. The molecule has 9 heteroatoms. The highest BCUT2D eigenvalue weighted by atomic mass is 31.2. The van der Waals surface area contributed by atoms with Gasteiger partial charge in [-0.2, -0.15) is 0 Å². The van der Waals surface area contributed by atoms with Gasteiger partial charge in [-0.1, -0.05) is 0 Å². The monoisotopic (exact) mass is 321 g/mol. The van der Waals surface area contributed by atoms with Gasteiger partial charge in [0.25, 0.3) is 0 Å². The number of methoxy groups -OCH3 is 1. The summed E-state index contributed by atoms with van der Waals surface area (Å²) in [6.45, 7) is 3.56. The Hall–Kier alpha value is -1.50. The van der Waals surface area contributed by atoms with Crippen molar-refractivity contribution in [2.45, 2.75) is 20.0 Å². The van der Waals surface area contributed by atoms with Gasteiger partial charge >= 0.3 is 13.3 Å². The maximum absolute atomic E-state index is 14.2. The molecular formula is C12H17FNO6P. The van der Waals surface area contributed by atoms with E-state index in [1.165, 1.54) is 6.07 Å². The van der Waals surface area contributed by atoms with Gasteiger partial charge in [0.2, 0.25) is 5.75 Å². The van der Waals surface area contributed by atoms with Gasteiger partial charge < -0.3 is 13.8 Å². The van der Waals surface area contributed by atoms with E-state index in [4.69, 9.17) is 13.8 Å². The quantitative estimate of drug-likeness (QED) is 0.413. The topological polar surface area (TPSA) is 87.9 Å². The average Bonchev–Trinajstić information content (AvgIpc) is 2.41. The van der Waals surface area contributed by atoms with Gasteiger partial charge in [-0.05, 0) is 19.9 Å². The molecule has 21 heavy (non-hydrogen) atoms. The van der Waals surface area contributed by atoms with Crippen LogP contribution in [0.1, 0.15) is 19.4 Å². The van der Waals surface area contributed by atoms with Crippen LogP contribution < -0.4 is 4.74 Å². The molecule has 0 atom stereocenters. The van der Waals surface area contributed by atoms with Crippen molar-refractivity contribution < 1.29 is 27.7 Å². The predicted molar refractivity (Wildman–Crippen MR) is 74.2 cm³/mol. The number of hydrogen-bond acceptors (Lipinski definition) is 6. The summed E-state index contributed by atoms with van der Waals surface area (Å²) in [4.78, 5) is 10.0. The number of nitro benzene ring substituents is 1. The molecule has 1 rings (SSSR count). The van der Waals surface area contributed by atoms with E-state index >= 15 is 0 Å². The normalized spacial score (nSPS) is 11.4. The summed E-state index contributed by atoms with van der Waals surface area (Å²) in [6.07, 6.45) is -0.325. The first kappa shape index (κ1) is 17.6. The van der Waals surface area contributed by atoms with Gasteiger partial charge in [0.15, 0.2) is 5.82 Å². The summed E-state index contributed by atoms with van der Waals surface area (Å²) >= 11 is 0. The lowest BCUT2D eigenvalue weighted by molar-refractivity contribution is -0.386. The molecule has 0 unspecified atom stereocenters. The van der Waals surface area contributed by atoms with Crippen molar-refractivity contribution in [3.63, 3.8) is 0 Å². The Bertz CT molecular complexity index is 555. The lowest BCUT2D eigenvalue weighted by atomic mass is 10.2. The van der Waals surface area contributed by atoms with Crippen LogP contribution in [0.4, 0.5) is 10.1 Å². The van der Waals surface area contributed by atoms with Crippen LogP contribution in [0.25, 0.3) is 0 Å². The van der Waals surface area contributed by atoms with Gasteiger partial charge in [0, 0.05) is 11.6 Å². The highest BCUT2D eigenvalue weighted by molar-refractivity contribution is 7.53. The number of hydrogen-bond donors (Lipinski definition) is 0. The number of benzene rings is 1. The SMILES string of the molecule is CCOP(=O)(Cc1ccc([N+](=O)[O-])c(OC)c1F)OCC. The molecule has 0 saturated carbocycles. The van der Waals surface area contributed by atoms with E-state index in [0.717, 1.165) is 13.2 Å². The highest BCUT2D eigenvalue weighted by Crippen LogP contribution is 2.52. The molecule has 0 bridgehead atoms. The van der Waals surface area contributed by atoms with Crippen molar-refractivity contribution in [1.29, 1.82) is 0 Å². The number of ether oxygens (including phenoxy) is 1. The third-order valence-electron chi connectivity index (χ3n) is 2.57. The van der Waals surface area contributed by atoms with Crippen molar-refractivity contribution in [2.24, 2.45) is 0 Å². The summed E-state index contributed by atoms with van der Waals surface area (Å²) in [6, 6.07) is 2.28. The molecule has 0 amide bonds. The van der Waals surface area contributed by atoms with E-state index in [2.05, 4.69) is 0 Å². The Labute approximate surface area is 121 Å². The summed E-state index contributed by atoms with van der Waals surface area (Å²) < 4.78 is 41.5. The number of halogens is 1.